The molecule has 8 nitrogen and oxygen atoms in total. The van der Waals surface area contributed by atoms with Gasteiger partial charge in [-0.05, 0) is 74.5 Å². The summed E-state index contributed by atoms with van der Waals surface area (Å²) in [5, 5.41) is 5.12. The Morgan fingerprint density at radius 2 is 1.72 bits per heavy atom. The van der Waals surface area contributed by atoms with Crippen LogP contribution in [0.1, 0.15) is 17.0 Å². The lowest BCUT2D eigenvalue weighted by Crippen LogP contribution is -2.39. The first-order chi connectivity index (χ1) is 18.6. The number of nitrogens with zero attached hydrogens (tertiary/aromatic N) is 3. The van der Waals surface area contributed by atoms with E-state index < -0.39 is 22.5 Å². The number of halogens is 2. The summed E-state index contributed by atoms with van der Waals surface area (Å²) in [6, 6.07) is 21.5. The van der Waals surface area contributed by atoms with E-state index in [0.717, 1.165) is 26.9 Å². The minimum atomic E-state index is -4.06. The van der Waals surface area contributed by atoms with Crippen LogP contribution in [0.2, 0.25) is 10.0 Å². The van der Waals surface area contributed by atoms with E-state index in [2.05, 4.69) is 10.5 Å². The van der Waals surface area contributed by atoms with Crippen molar-refractivity contribution in [2.24, 2.45) is 5.10 Å². The number of sulfonamides is 1. The second kappa shape index (κ2) is 11.9. The van der Waals surface area contributed by atoms with E-state index in [4.69, 9.17) is 27.9 Å². The van der Waals surface area contributed by atoms with Crippen LogP contribution in [0.25, 0.3) is 5.69 Å². The molecule has 4 aromatic rings. The van der Waals surface area contributed by atoms with Crippen LogP contribution in [0.15, 0.2) is 88.9 Å². The first-order valence-electron chi connectivity index (χ1n) is 11.8. The highest BCUT2D eigenvalue weighted by Crippen LogP contribution is 2.29. The molecular weight excluding hydrogens is 559 g/mol. The lowest BCUT2D eigenvalue weighted by atomic mass is 10.2. The van der Waals surface area contributed by atoms with E-state index in [-0.39, 0.29) is 4.90 Å². The summed E-state index contributed by atoms with van der Waals surface area (Å²) in [7, 11) is -2.56. The molecule has 1 amide bonds. The fourth-order valence-electron chi connectivity index (χ4n) is 4.08. The number of anilines is 1. The van der Waals surface area contributed by atoms with Crippen LogP contribution < -0.4 is 14.5 Å². The number of ether oxygens (including phenoxy) is 1. The standard InChI is InChI=1S/C28H26Cl2N4O4S/c1-19-15-21(20(2)34(19)27-14-9-22(29)16-26(27)30)17-31-32-28(35)18-33(23-7-5-4-6-8-23)39(36,37)25-12-10-24(38-3)11-13-25/h4-17H,18H2,1-3H3,(H,32,35)/b31-17-. The number of hydrogen-bond acceptors (Lipinski definition) is 5. The summed E-state index contributed by atoms with van der Waals surface area (Å²) < 4.78 is 35.1. The lowest BCUT2D eigenvalue weighted by molar-refractivity contribution is -0.119. The molecule has 202 valence electrons. The maximum atomic E-state index is 13.5. The number of aromatic nitrogens is 1. The molecule has 0 spiro atoms. The van der Waals surface area contributed by atoms with Gasteiger partial charge in [0.15, 0.2) is 0 Å². The average molecular weight is 586 g/mol. The van der Waals surface area contributed by atoms with Gasteiger partial charge in [-0.25, -0.2) is 13.8 Å². The number of carbonyl (C=O) groups is 1. The van der Waals surface area contributed by atoms with E-state index in [1.54, 1.807) is 54.6 Å². The highest BCUT2D eigenvalue weighted by molar-refractivity contribution is 7.92. The first-order valence-corrected chi connectivity index (χ1v) is 14.0. The van der Waals surface area contributed by atoms with Gasteiger partial charge >= 0.3 is 0 Å². The van der Waals surface area contributed by atoms with Crippen molar-refractivity contribution in [2.75, 3.05) is 18.0 Å². The van der Waals surface area contributed by atoms with Crippen LogP contribution in [-0.2, 0) is 14.8 Å². The Morgan fingerprint density at radius 3 is 2.36 bits per heavy atom. The number of aryl methyl sites for hydroxylation is 1. The zero-order valence-electron chi connectivity index (χ0n) is 21.4. The Bertz CT molecular complexity index is 1620. The topological polar surface area (TPSA) is 93.0 Å². The molecule has 1 N–H and O–H groups in total. The van der Waals surface area contributed by atoms with Gasteiger partial charge in [-0.2, -0.15) is 5.10 Å². The van der Waals surface area contributed by atoms with E-state index in [1.165, 1.54) is 25.5 Å². The number of nitrogens with one attached hydrogen (secondary N) is 1. The van der Waals surface area contributed by atoms with Crippen LogP contribution in [0, 0.1) is 13.8 Å². The molecule has 4 rings (SSSR count). The zero-order valence-corrected chi connectivity index (χ0v) is 23.8. The SMILES string of the molecule is COc1ccc(S(=O)(=O)N(CC(=O)N/N=C\c2cc(C)n(-c3ccc(Cl)cc3Cl)c2C)c2ccccc2)cc1. The van der Waals surface area contributed by atoms with Gasteiger partial charge in [-0.3, -0.25) is 9.10 Å². The van der Waals surface area contributed by atoms with Gasteiger partial charge in [0.1, 0.15) is 12.3 Å². The Labute approximate surface area is 237 Å². The Kier molecular flexibility index (Phi) is 8.64. The first kappa shape index (κ1) is 28.2. The molecule has 0 atom stereocenters. The number of hydrogen-bond donors (Lipinski definition) is 1. The number of amides is 1. The molecular formula is C28H26Cl2N4O4S. The summed E-state index contributed by atoms with van der Waals surface area (Å²) in [6.07, 6.45) is 1.51. The highest BCUT2D eigenvalue weighted by Gasteiger charge is 2.27. The molecule has 0 fully saturated rings. The van der Waals surface area contributed by atoms with Crippen molar-refractivity contribution in [2.45, 2.75) is 18.7 Å². The van der Waals surface area contributed by atoms with E-state index in [9.17, 15) is 13.2 Å². The Hall–Kier alpha value is -3.79. The van der Waals surface area contributed by atoms with Crippen LogP contribution in [-0.4, -0.2) is 38.8 Å². The Balaban J connectivity index is 1.54. The predicted molar refractivity (Wildman–Crippen MR) is 155 cm³/mol. The number of para-hydroxylation sites is 1. The van der Waals surface area contributed by atoms with Gasteiger partial charge < -0.3 is 9.30 Å². The van der Waals surface area contributed by atoms with E-state index in [0.29, 0.717) is 21.5 Å². The van der Waals surface area contributed by atoms with Crippen molar-refractivity contribution in [3.8, 4) is 11.4 Å². The van der Waals surface area contributed by atoms with Gasteiger partial charge in [-0.15, -0.1) is 0 Å². The smallest absolute Gasteiger partial charge is 0.264 e. The molecule has 0 aliphatic rings. The number of benzene rings is 3. The molecule has 0 aliphatic heterocycles. The molecule has 3 aromatic carbocycles. The van der Waals surface area contributed by atoms with Gasteiger partial charge in [0.25, 0.3) is 15.9 Å². The fourth-order valence-corrected chi connectivity index (χ4v) is 5.99. The van der Waals surface area contributed by atoms with Crippen molar-refractivity contribution >= 4 is 51.0 Å². The summed E-state index contributed by atoms with van der Waals surface area (Å²) in [5.74, 6) is -0.0910. The highest BCUT2D eigenvalue weighted by atomic mass is 35.5. The third kappa shape index (κ3) is 6.27. The van der Waals surface area contributed by atoms with Crippen LogP contribution in [0.4, 0.5) is 5.69 Å². The molecule has 1 aromatic heterocycles. The maximum Gasteiger partial charge on any atom is 0.264 e. The number of methoxy groups -OCH3 is 1. The number of carbonyl (C=O) groups excluding carboxylic acids is 1. The van der Waals surface area contributed by atoms with E-state index >= 15 is 0 Å². The van der Waals surface area contributed by atoms with Crippen molar-refractivity contribution in [1.82, 2.24) is 9.99 Å². The summed E-state index contributed by atoms with van der Waals surface area (Å²) in [6.45, 7) is 3.35. The van der Waals surface area contributed by atoms with Crippen molar-refractivity contribution in [3.05, 3.63) is 106 Å². The second-order valence-electron chi connectivity index (χ2n) is 8.57. The van der Waals surface area contributed by atoms with Gasteiger partial charge in [0.2, 0.25) is 0 Å². The monoisotopic (exact) mass is 584 g/mol. The number of hydrazone groups is 1. The molecule has 0 saturated carbocycles. The molecule has 0 saturated heterocycles. The van der Waals surface area contributed by atoms with Gasteiger partial charge in [-0.1, -0.05) is 41.4 Å². The predicted octanol–water partition coefficient (Wildman–Crippen LogP) is 5.76. The summed E-state index contributed by atoms with van der Waals surface area (Å²) in [5.41, 5.74) is 6.06. The molecule has 0 radical (unpaired) electrons. The van der Waals surface area contributed by atoms with Crippen molar-refractivity contribution in [3.63, 3.8) is 0 Å². The molecule has 11 heteroatoms. The fraction of sp³-hybridized carbons (Fsp3) is 0.143. The average Bonchev–Trinajstić information content (AvgIpc) is 3.20. The summed E-state index contributed by atoms with van der Waals surface area (Å²) in [4.78, 5) is 12.9. The van der Waals surface area contributed by atoms with Crippen LogP contribution in [0.3, 0.4) is 0 Å². The normalized spacial score (nSPS) is 11.5. The van der Waals surface area contributed by atoms with Crippen molar-refractivity contribution < 1.29 is 17.9 Å². The van der Waals surface area contributed by atoms with Gasteiger partial charge in [0.05, 0.1) is 34.6 Å². The van der Waals surface area contributed by atoms with Crippen LogP contribution >= 0.6 is 23.2 Å². The molecule has 39 heavy (non-hydrogen) atoms. The quantitative estimate of drug-likeness (QED) is 0.200. The lowest BCUT2D eigenvalue weighted by Gasteiger charge is -2.23. The minimum absolute atomic E-state index is 0.0248. The van der Waals surface area contributed by atoms with Crippen molar-refractivity contribution in [1.29, 1.82) is 0 Å². The molecule has 1 heterocycles. The second-order valence-corrected chi connectivity index (χ2v) is 11.3. The zero-order chi connectivity index (χ0) is 28.2. The van der Waals surface area contributed by atoms with E-state index in [1.807, 2.05) is 30.5 Å². The minimum Gasteiger partial charge on any atom is -0.497 e. The summed E-state index contributed by atoms with van der Waals surface area (Å²) >= 11 is 12.4. The molecule has 0 aliphatic carbocycles. The largest absolute Gasteiger partial charge is 0.497 e. The Morgan fingerprint density at radius 1 is 1.03 bits per heavy atom. The maximum absolute atomic E-state index is 13.5. The third-order valence-electron chi connectivity index (χ3n) is 5.99. The number of rotatable bonds is 9. The van der Waals surface area contributed by atoms with Gasteiger partial charge in [0, 0.05) is 22.0 Å². The third-order valence-corrected chi connectivity index (χ3v) is 8.32. The van der Waals surface area contributed by atoms with Crippen LogP contribution in [0.5, 0.6) is 5.75 Å². The molecule has 0 unspecified atom stereocenters. The molecule has 0 bridgehead atoms.